The van der Waals surface area contributed by atoms with Gasteiger partial charge in [0.15, 0.2) is 0 Å². The molecule has 0 aliphatic carbocycles. The van der Waals surface area contributed by atoms with Crippen LogP contribution in [0.1, 0.15) is 20.8 Å². The van der Waals surface area contributed by atoms with Crippen LogP contribution in [0.15, 0.2) is 54.6 Å². The van der Waals surface area contributed by atoms with Crippen LogP contribution in [0.4, 0.5) is 5.69 Å². The lowest BCUT2D eigenvalue weighted by atomic mass is 10.1. The number of aryl methyl sites for hydroxylation is 2. The van der Waals surface area contributed by atoms with Gasteiger partial charge in [-0.2, -0.15) is 4.80 Å². The van der Waals surface area contributed by atoms with E-state index in [-0.39, 0.29) is 5.91 Å². The SMILES string of the molecule is Cc1ccc(-n2nc3cc(C)c(NC(=O)c4sc5cc(Cl)ccc5c4Cl)cc3n2)cc1. The molecule has 0 spiro atoms. The first kappa shape index (κ1) is 20.0. The first-order valence-electron chi connectivity index (χ1n) is 9.53. The number of aromatic nitrogens is 3. The molecule has 0 saturated carbocycles. The van der Waals surface area contributed by atoms with Crippen molar-refractivity contribution < 1.29 is 4.79 Å². The Hall–Kier alpha value is -2.93. The third-order valence-corrected chi connectivity index (χ3v) is 6.93. The summed E-state index contributed by atoms with van der Waals surface area (Å²) in [5, 5.41) is 14.0. The minimum Gasteiger partial charge on any atom is -0.321 e. The van der Waals surface area contributed by atoms with Gasteiger partial charge in [0, 0.05) is 20.8 Å². The highest BCUT2D eigenvalue weighted by molar-refractivity contribution is 7.21. The van der Waals surface area contributed by atoms with Crippen molar-refractivity contribution in [1.29, 1.82) is 0 Å². The van der Waals surface area contributed by atoms with E-state index >= 15 is 0 Å². The van der Waals surface area contributed by atoms with Crippen LogP contribution < -0.4 is 5.32 Å². The molecule has 0 aliphatic heterocycles. The summed E-state index contributed by atoms with van der Waals surface area (Å²) in [6.45, 7) is 3.96. The Balaban J connectivity index is 1.49. The van der Waals surface area contributed by atoms with Gasteiger partial charge in [-0.25, -0.2) is 0 Å². The Morgan fingerprint density at radius 3 is 2.42 bits per heavy atom. The van der Waals surface area contributed by atoms with Gasteiger partial charge >= 0.3 is 0 Å². The Morgan fingerprint density at radius 1 is 0.968 bits per heavy atom. The number of anilines is 1. The van der Waals surface area contributed by atoms with Crippen LogP contribution in [-0.4, -0.2) is 20.9 Å². The van der Waals surface area contributed by atoms with E-state index in [2.05, 4.69) is 15.5 Å². The molecule has 0 aliphatic rings. The molecule has 8 heteroatoms. The van der Waals surface area contributed by atoms with Crippen molar-refractivity contribution in [2.24, 2.45) is 0 Å². The molecule has 5 aromatic rings. The molecular weight excluding hydrogens is 451 g/mol. The molecule has 1 amide bonds. The van der Waals surface area contributed by atoms with E-state index in [4.69, 9.17) is 23.2 Å². The maximum atomic E-state index is 13.0. The normalized spacial score (nSPS) is 11.4. The first-order chi connectivity index (χ1) is 14.9. The number of nitrogens with zero attached hydrogens (tertiary/aromatic N) is 3. The largest absolute Gasteiger partial charge is 0.321 e. The molecule has 2 aromatic heterocycles. The lowest BCUT2D eigenvalue weighted by Crippen LogP contribution is -2.11. The molecule has 2 heterocycles. The number of carbonyl (C=O) groups is 1. The second kappa shape index (κ2) is 7.64. The highest BCUT2D eigenvalue weighted by Crippen LogP contribution is 2.37. The van der Waals surface area contributed by atoms with E-state index in [0.717, 1.165) is 26.9 Å². The van der Waals surface area contributed by atoms with E-state index in [1.807, 2.05) is 62.4 Å². The standard InChI is InChI=1S/C23H16Cl2N4OS/c1-12-3-6-15(7-4-12)29-27-18-9-13(2)17(11-19(18)28-29)26-23(30)22-21(25)16-8-5-14(24)10-20(16)31-22/h3-11H,1-2H3,(H,26,30). The number of amides is 1. The van der Waals surface area contributed by atoms with Crippen LogP contribution in [0.3, 0.4) is 0 Å². The van der Waals surface area contributed by atoms with Crippen molar-refractivity contribution in [2.75, 3.05) is 5.32 Å². The fraction of sp³-hybridized carbons (Fsp3) is 0.0870. The molecule has 0 radical (unpaired) electrons. The van der Waals surface area contributed by atoms with Crippen LogP contribution in [0.5, 0.6) is 0 Å². The fourth-order valence-corrected chi connectivity index (χ4v) is 5.05. The van der Waals surface area contributed by atoms with Crippen LogP contribution in [0.25, 0.3) is 26.8 Å². The van der Waals surface area contributed by atoms with Gasteiger partial charge in [0.2, 0.25) is 0 Å². The summed E-state index contributed by atoms with van der Waals surface area (Å²) in [6, 6.07) is 17.1. The van der Waals surface area contributed by atoms with Gasteiger partial charge in [-0.1, -0.05) is 47.0 Å². The van der Waals surface area contributed by atoms with E-state index in [1.54, 1.807) is 10.9 Å². The first-order valence-corrected chi connectivity index (χ1v) is 11.1. The van der Waals surface area contributed by atoms with Crippen molar-refractivity contribution in [3.63, 3.8) is 0 Å². The summed E-state index contributed by atoms with van der Waals surface area (Å²) in [5.41, 5.74) is 5.04. The van der Waals surface area contributed by atoms with Crippen molar-refractivity contribution in [1.82, 2.24) is 15.0 Å². The number of thiophene rings is 1. The molecule has 31 heavy (non-hydrogen) atoms. The van der Waals surface area contributed by atoms with Crippen LogP contribution in [0, 0.1) is 13.8 Å². The molecule has 1 N–H and O–H groups in total. The van der Waals surface area contributed by atoms with Gasteiger partial charge in [0.05, 0.1) is 10.7 Å². The molecule has 154 valence electrons. The van der Waals surface area contributed by atoms with Crippen LogP contribution in [0.2, 0.25) is 10.0 Å². The molecule has 0 atom stereocenters. The van der Waals surface area contributed by atoms with Crippen molar-refractivity contribution in [2.45, 2.75) is 13.8 Å². The molecule has 5 rings (SSSR count). The minimum absolute atomic E-state index is 0.268. The van der Waals surface area contributed by atoms with Gasteiger partial charge < -0.3 is 5.32 Å². The summed E-state index contributed by atoms with van der Waals surface area (Å²) >= 11 is 13.9. The molecule has 5 nitrogen and oxygen atoms in total. The van der Waals surface area contributed by atoms with Crippen molar-refractivity contribution in [3.8, 4) is 5.69 Å². The molecule has 3 aromatic carbocycles. The zero-order valence-corrected chi connectivity index (χ0v) is 18.9. The zero-order chi connectivity index (χ0) is 21.7. The summed E-state index contributed by atoms with van der Waals surface area (Å²) in [7, 11) is 0. The third kappa shape index (κ3) is 3.67. The topological polar surface area (TPSA) is 59.8 Å². The highest BCUT2D eigenvalue weighted by Gasteiger charge is 2.19. The maximum absolute atomic E-state index is 13.0. The quantitative estimate of drug-likeness (QED) is 0.317. The fourth-order valence-electron chi connectivity index (χ4n) is 3.36. The number of carbonyl (C=O) groups excluding carboxylic acids is 1. The average molecular weight is 467 g/mol. The summed E-state index contributed by atoms with van der Waals surface area (Å²) in [6.07, 6.45) is 0. The van der Waals surface area contributed by atoms with Gasteiger partial charge in [-0.15, -0.1) is 21.5 Å². The summed E-state index contributed by atoms with van der Waals surface area (Å²) < 4.78 is 0.871. The Morgan fingerprint density at radius 2 is 1.68 bits per heavy atom. The minimum atomic E-state index is -0.268. The summed E-state index contributed by atoms with van der Waals surface area (Å²) in [5.74, 6) is -0.268. The zero-order valence-electron chi connectivity index (χ0n) is 16.6. The molecule has 0 bridgehead atoms. The average Bonchev–Trinajstić information content (AvgIpc) is 3.29. The second-order valence-electron chi connectivity index (χ2n) is 7.32. The Labute approximate surface area is 192 Å². The van der Waals surface area contributed by atoms with E-state index in [1.165, 1.54) is 16.9 Å². The monoisotopic (exact) mass is 466 g/mol. The lowest BCUT2D eigenvalue weighted by Gasteiger charge is -2.07. The van der Waals surface area contributed by atoms with Gasteiger partial charge in [0.1, 0.15) is 15.9 Å². The predicted molar refractivity (Wildman–Crippen MR) is 128 cm³/mol. The van der Waals surface area contributed by atoms with Gasteiger partial charge in [0.25, 0.3) is 5.91 Å². The smallest absolute Gasteiger partial charge is 0.267 e. The number of fused-ring (bicyclic) bond motifs is 2. The van der Waals surface area contributed by atoms with Crippen LogP contribution >= 0.6 is 34.5 Å². The molecule has 0 saturated heterocycles. The van der Waals surface area contributed by atoms with Crippen LogP contribution in [-0.2, 0) is 0 Å². The molecule has 0 unspecified atom stereocenters. The number of nitrogens with one attached hydrogen (secondary N) is 1. The van der Waals surface area contributed by atoms with Crippen molar-refractivity contribution >= 4 is 67.3 Å². The number of benzene rings is 3. The highest BCUT2D eigenvalue weighted by atomic mass is 35.5. The second-order valence-corrected chi connectivity index (χ2v) is 9.19. The van der Waals surface area contributed by atoms with Crippen molar-refractivity contribution in [3.05, 3.63) is 80.6 Å². The van der Waals surface area contributed by atoms with E-state index in [9.17, 15) is 4.79 Å². The lowest BCUT2D eigenvalue weighted by molar-refractivity contribution is 0.103. The number of hydrogen-bond donors (Lipinski definition) is 1. The van der Waals surface area contributed by atoms with Gasteiger partial charge in [-0.3, -0.25) is 4.79 Å². The molecular formula is C23H16Cl2N4OS. The Kier molecular flexibility index (Phi) is 4.93. The summed E-state index contributed by atoms with van der Waals surface area (Å²) in [4.78, 5) is 15.0. The Bertz CT molecular complexity index is 1470. The van der Waals surface area contributed by atoms with E-state index in [0.29, 0.717) is 26.1 Å². The maximum Gasteiger partial charge on any atom is 0.267 e. The van der Waals surface area contributed by atoms with E-state index < -0.39 is 0 Å². The molecule has 0 fully saturated rings. The predicted octanol–water partition coefficient (Wildman–Crippen LogP) is 6.81. The van der Waals surface area contributed by atoms with Gasteiger partial charge in [-0.05, 0) is 55.8 Å². The number of halogens is 2. The third-order valence-electron chi connectivity index (χ3n) is 5.04. The number of rotatable bonds is 3. The number of hydrogen-bond acceptors (Lipinski definition) is 4.